The van der Waals surface area contributed by atoms with Gasteiger partial charge in [0.05, 0.1) is 0 Å². The summed E-state index contributed by atoms with van der Waals surface area (Å²) in [6, 6.07) is 10.9. The van der Waals surface area contributed by atoms with Crippen molar-refractivity contribution in [2.75, 3.05) is 32.7 Å². The molecule has 4 nitrogen and oxygen atoms in total. The molecule has 0 aromatic heterocycles. The summed E-state index contributed by atoms with van der Waals surface area (Å²) in [5.41, 5.74) is 7.23. The van der Waals surface area contributed by atoms with Gasteiger partial charge in [-0.1, -0.05) is 36.4 Å². The largest absolute Gasteiger partial charge is 0.370 e. The minimum absolute atomic E-state index is 0.525. The number of likely N-dealkylation sites (tertiary alicyclic amines) is 1. The average Bonchev–Trinajstić information content (AvgIpc) is 2.62. The highest BCUT2D eigenvalue weighted by Gasteiger charge is 2.18. The Labute approximate surface area is 146 Å². The third-order valence-corrected chi connectivity index (χ3v) is 4.67. The fraction of sp³-hybridized carbons (Fsp3) is 0.550. The highest BCUT2D eigenvalue weighted by molar-refractivity contribution is 5.77. The summed E-state index contributed by atoms with van der Waals surface area (Å²) in [5.74, 6) is 1.38. The molecule has 1 aliphatic rings. The second-order valence-corrected chi connectivity index (χ2v) is 6.62. The maximum absolute atomic E-state index is 5.74. The van der Waals surface area contributed by atoms with Crippen LogP contribution in [-0.4, -0.2) is 43.6 Å². The van der Waals surface area contributed by atoms with Crippen LogP contribution >= 0.6 is 0 Å². The van der Waals surface area contributed by atoms with Crippen LogP contribution in [0.1, 0.15) is 31.2 Å². The second-order valence-electron chi connectivity index (χ2n) is 6.62. The molecule has 0 amide bonds. The Bertz CT molecular complexity index is 490. The fourth-order valence-electron chi connectivity index (χ4n) is 3.24. The van der Waals surface area contributed by atoms with Crippen LogP contribution in [0, 0.1) is 5.92 Å². The van der Waals surface area contributed by atoms with E-state index >= 15 is 0 Å². The lowest BCUT2D eigenvalue weighted by molar-refractivity contribution is 0.181. The minimum Gasteiger partial charge on any atom is -0.370 e. The number of nitrogens with two attached hydrogens (primary N) is 1. The van der Waals surface area contributed by atoms with E-state index in [0.717, 1.165) is 18.9 Å². The van der Waals surface area contributed by atoms with Gasteiger partial charge < -0.3 is 16.0 Å². The molecule has 0 spiro atoms. The van der Waals surface area contributed by atoms with Crippen LogP contribution in [-0.2, 0) is 6.42 Å². The topological polar surface area (TPSA) is 53.6 Å². The number of unbranched alkanes of at least 4 members (excludes halogenated alkanes) is 1. The maximum Gasteiger partial charge on any atom is 0.188 e. The summed E-state index contributed by atoms with van der Waals surface area (Å²) in [5, 5.41) is 3.00. The molecule has 0 radical (unpaired) electrons. The zero-order valence-corrected chi connectivity index (χ0v) is 14.8. The van der Waals surface area contributed by atoms with Crippen molar-refractivity contribution < 1.29 is 0 Å². The zero-order chi connectivity index (χ0) is 17.0. The second kappa shape index (κ2) is 10.9. The summed E-state index contributed by atoms with van der Waals surface area (Å²) in [6.07, 6.45) is 7.96. The van der Waals surface area contributed by atoms with Gasteiger partial charge in [0.15, 0.2) is 5.96 Å². The van der Waals surface area contributed by atoms with Crippen LogP contribution in [0.25, 0.3) is 0 Å². The van der Waals surface area contributed by atoms with Gasteiger partial charge >= 0.3 is 0 Å². The van der Waals surface area contributed by atoms with Gasteiger partial charge in [0.2, 0.25) is 0 Å². The molecular weight excluding hydrogens is 296 g/mol. The van der Waals surface area contributed by atoms with E-state index in [1.165, 1.54) is 50.9 Å². The third kappa shape index (κ3) is 7.18. The quantitative estimate of drug-likeness (QED) is 0.317. The number of hydrogen-bond donors (Lipinski definition) is 2. The molecule has 3 N–H and O–H groups in total. The normalized spacial score (nSPS) is 16.9. The van der Waals surface area contributed by atoms with E-state index in [1.807, 2.05) is 0 Å². The van der Waals surface area contributed by atoms with E-state index in [-0.39, 0.29) is 0 Å². The van der Waals surface area contributed by atoms with Crippen molar-refractivity contribution in [2.45, 2.75) is 32.1 Å². The molecule has 2 rings (SSSR count). The molecule has 132 valence electrons. The number of nitrogens with one attached hydrogen (secondary N) is 1. The van der Waals surface area contributed by atoms with Crippen molar-refractivity contribution in [3.05, 3.63) is 48.6 Å². The van der Waals surface area contributed by atoms with Crippen LogP contribution in [0.5, 0.6) is 0 Å². The Kier molecular flexibility index (Phi) is 8.39. The van der Waals surface area contributed by atoms with Gasteiger partial charge in [-0.25, -0.2) is 0 Å². The number of piperidine rings is 1. The summed E-state index contributed by atoms with van der Waals surface area (Å²) >= 11 is 0. The van der Waals surface area contributed by atoms with Crippen LogP contribution < -0.4 is 11.1 Å². The molecule has 1 saturated heterocycles. The fourth-order valence-corrected chi connectivity index (χ4v) is 3.24. The number of guanidine groups is 1. The lowest BCUT2D eigenvalue weighted by atomic mass is 9.90. The first-order chi connectivity index (χ1) is 11.8. The predicted octanol–water partition coefficient (Wildman–Crippen LogP) is 2.81. The van der Waals surface area contributed by atoms with E-state index in [1.54, 1.807) is 6.08 Å². The lowest BCUT2D eigenvalue weighted by Gasteiger charge is -2.32. The van der Waals surface area contributed by atoms with Gasteiger partial charge in [-0.15, -0.1) is 6.58 Å². The highest BCUT2D eigenvalue weighted by Crippen LogP contribution is 2.21. The monoisotopic (exact) mass is 328 g/mol. The molecule has 1 aromatic rings. The maximum atomic E-state index is 5.74. The molecule has 1 aromatic carbocycles. The summed E-state index contributed by atoms with van der Waals surface area (Å²) in [7, 11) is 0. The van der Waals surface area contributed by atoms with E-state index in [0.29, 0.717) is 12.5 Å². The molecular formula is C20H32N4. The molecule has 1 heterocycles. The third-order valence-electron chi connectivity index (χ3n) is 4.67. The van der Waals surface area contributed by atoms with Gasteiger partial charge in [0.1, 0.15) is 0 Å². The molecule has 4 heteroatoms. The molecule has 1 aliphatic heterocycles. The summed E-state index contributed by atoms with van der Waals surface area (Å²) < 4.78 is 0. The molecule has 1 fully saturated rings. The van der Waals surface area contributed by atoms with E-state index in [2.05, 4.69) is 52.1 Å². The van der Waals surface area contributed by atoms with Crippen LogP contribution in [0.4, 0.5) is 0 Å². The SMILES string of the molecule is C=CCNC(N)=NCCCCN1CCC(Cc2ccccc2)CC1. The van der Waals surface area contributed by atoms with Gasteiger partial charge in [-0.05, 0) is 63.2 Å². The van der Waals surface area contributed by atoms with Crippen LogP contribution in [0.3, 0.4) is 0 Å². The van der Waals surface area contributed by atoms with Crippen molar-refractivity contribution in [3.63, 3.8) is 0 Å². The molecule has 24 heavy (non-hydrogen) atoms. The molecule has 0 atom stereocenters. The Balaban J connectivity index is 1.54. The number of rotatable bonds is 9. The lowest BCUT2D eigenvalue weighted by Crippen LogP contribution is -2.35. The minimum atomic E-state index is 0.525. The van der Waals surface area contributed by atoms with Crippen molar-refractivity contribution in [1.29, 1.82) is 0 Å². The number of benzene rings is 1. The van der Waals surface area contributed by atoms with Gasteiger partial charge in [0.25, 0.3) is 0 Å². The zero-order valence-electron chi connectivity index (χ0n) is 14.8. The first kappa shape index (κ1) is 18.5. The summed E-state index contributed by atoms with van der Waals surface area (Å²) in [6.45, 7) is 8.79. The van der Waals surface area contributed by atoms with Crippen molar-refractivity contribution in [2.24, 2.45) is 16.6 Å². The van der Waals surface area contributed by atoms with E-state index < -0.39 is 0 Å². The molecule has 0 saturated carbocycles. The van der Waals surface area contributed by atoms with Crippen molar-refractivity contribution >= 4 is 5.96 Å². The van der Waals surface area contributed by atoms with Crippen LogP contribution in [0.2, 0.25) is 0 Å². The first-order valence-electron chi connectivity index (χ1n) is 9.19. The van der Waals surface area contributed by atoms with E-state index in [9.17, 15) is 0 Å². The van der Waals surface area contributed by atoms with Crippen molar-refractivity contribution in [1.82, 2.24) is 10.2 Å². The number of nitrogens with zero attached hydrogens (tertiary/aromatic N) is 2. The smallest absolute Gasteiger partial charge is 0.188 e. The standard InChI is InChI=1S/C20H32N4/c1-2-12-22-20(21)23-13-6-7-14-24-15-10-19(11-16-24)17-18-8-4-3-5-9-18/h2-5,8-9,19H,1,6-7,10-17H2,(H3,21,22,23). The Morgan fingerprint density at radius 2 is 2.00 bits per heavy atom. The van der Waals surface area contributed by atoms with E-state index in [4.69, 9.17) is 5.73 Å². The van der Waals surface area contributed by atoms with Gasteiger partial charge in [0, 0.05) is 13.1 Å². The van der Waals surface area contributed by atoms with Gasteiger partial charge in [-0.2, -0.15) is 0 Å². The van der Waals surface area contributed by atoms with Crippen LogP contribution in [0.15, 0.2) is 48.0 Å². The Morgan fingerprint density at radius 1 is 1.25 bits per heavy atom. The van der Waals surface area contributed by atoms with Gasteiger partial charge in [-0.3, -0.25) is 4.99 Å². The summed E-state index contributed by atoms with van der Waals surface area (Å²) in [4.78, 5) is 6.92. The number of aliphatic imine (C=N–C) groups is 1. The first-order valence-corrected chi connectivity index (χ1v) is 9.19. The van der Waals surface area contributed by atoms with Crippen molar-refractivity contribution in [3.8, 4) is 0 Å². The Morgan fingerprint density at radius 3 is 2.71 bits per heavy atom. The number of hydrogen-bond acceptors (Lipinski definition) is 2. The molecule has 0 unspecified atom stereocenters. The predicted molar refractivity (Wildman–Crippen MR) is 103 cm³/mol. The molecule has 0 aliphatic carbocycles. The highest BCUT2D eigenvalue weighted by atomic mass is 15.1. The Hall–Kier alpha value is -1.81. The average molecular weight is 329 g/mol. The molecule has 0 bridgehead atoms.